The van der Waals surface area contributed by atoms with Crippen LogP contribution in [0.3, 0.4) is 0 Å². The summed E-state index contributed by atoms with van der Waals surface area (Å²) >= 11 is 0. The number of carbonyl (C=O) groups excluding carboxylic acids is 1. The quantitative estimate of drug-likeness (QED) is 0.622. The smallest absolute Gasteiger partial charge is 0.319 e. The van der Waals surface area contributed by atoms with Gasteiger partial charge < -0.3 is 19.7 Å². The molecule has 1 aromatic rings. The molecule has 1 fully saturated rings. The van der Waals surface area contributed by atoms with Gasteiger partial charge in [0, 0.05) is 32.4 Å². The van der Waals surface area contributed by atoms with Gasteiger partial charge >= 0.3 is 6.03 Å². The number of nitrogens with one attached hydrogen (secondary N) is 1. The first-order valence-corrected chi connectivity index (χ1v) is 8.02. The summed E-state index contributed by atoms with van der Waals surface area (Å²) in [6.45, 7) is 2.86. The van der Waals surface area contributed by atoms with Crippen LogP contribution in [0.2, 0.25) is 0 Å². The summed E-state index contributed by atoms with van der Waals surface area (Å²) in [4.78, 5) is 14.3. The summed E-state index contributed by atoms with van der Waals surface area (Å²) in [5, 5.41) is 3.00. The van der Waals surface area contributed by atoms with Crippen molar-refractivity contribution in [2.75, 3.05) is 33.4 Å². The average Bonchev–Trinajstić information content (AvgIpc) is 2.59. The fraction of sp³-hybridized carbons (Fsp3) is 0.588. The number of ether oxygens (including phenoxy) is 2. The van der Waals surface area contributed by atoms with Crippen LogP contribution in [-0.2, 0) is 9.47 Å². The summed E-state index contributed by atoms with van der Waals surface area (Å²) in [6, 6.07) is 9.76. The lowest BCUT2D eigenvalue weighted by atomic mass is 10.1. The molecule has 2 amide bonds. The van der Waals surface area contributed by atoms with Crippen molar-refractivity contribution in [2.45, 2.75) is 31.9 Å². The number of piperidine rings is 1. The fourth-order valence-electron chi connectivity index (χ4n) is 2.55. The van der Waals surface area contributed by atoms with Crippen LogP contribution >= 0.6 is 0 Å². The van der Waals surface area contributed by atoms with Gasteiger partial charge in [0.05, 0.1) is 6.61 Å². The molecular weight excluding hydrogens is 280 g/mol. The molecule has 5 nitrogen and oxygen atoms in total. The first-order valence-electron chi connectivity index (χ1n) is 8.02. The van der Waals surface area contributed by atoms with Crippen LogP contribution in [0, 0.1) is 0 Å². The van der Waals surface area contributed by atoms with Crippen LogP contribution in [0.5, 0.6) is 0 Å². The van der Waals surface area contributed by atoms with E-state index in [0.29, 0.717) is 13.2 Å². The van der Waals surface area contributed by atoms with Crippen molar-refractivity contribution in [1.29, 1.82) is 0 Å². The lowest BCUT2D eigenvalue weighted by Crippen LogP contribution is -2.44. The van der Waals surface area contributed by atoms with Crippen LogP contribution in [0.25, 0.3) is 0 Å². The van der Waals surface area contributed by atoms with Crippen molar-refractivity contribution >= 4 is 6.03 Å². The highest BCUT2D eigenvalue weighted by Crippen LogP contribution is 2.16. The van der Waals surface area contributed by atoms with Gasteiger partial charge in [0.25, 0.3) is 0 Å². The number of nitrogens with zero attached hydrogens (tertiary/aromatic N) is 1. The second kappa shape index (κ2) is 9.43. The first-order chi connectivity index (χ1) is 10.8. The molecule has 122 valence electrons. The van der Waals surface area contributed by atoms with Crippen molar-refractivity contribution in [1.82, 2.24) is 10.2 Å². The SMILES string of the molecule is COCCCO[C@@H](NC(=O)N1CCCCC1)c1ccccc1. The molecule has 0 aliphatic carbocycles. The topological polar surface area (TPSA) is 50.8 Å². The fourth-order valence-corrected chi connectivity index (χ4v) is 2.55. The van der Waals surface area contributed by atoms with Crippen molar-refractivity contribution in [3.63, 3.8) is 0 Å². The van der Waals surface area contributed by atoms with Crippen LogP contribution in [0.4, 0.5) is 4.79 Å². The molecule has 2 rings (SSSR count). The van der Waals surface area contributed by atoms with Gasteiger partial charge in [-0.15, -0.1) is 0 Å². The number of carbonyl (C=O) groups is 1. The van der Waals surface area contributed by atoms with E-state index in [4.69, 9.17) is 9.47 Å². The highest BCUT2D eigenvalue weighted by molar-refractivity contribution is 5.74. The van der Waals surface area contributed by atoms with E-state index >= 15 is 0 Å². The third kappa shape index (κ3) is 5.31. The molecule has 1 aliphatic heterocycles. The minimum absolute atomic E-state index is 0.0414. The molecule has 1 N–H and O–H groups in total. The Morgan fingerprint density at radius 2 is 1.91 bits per heavy atom. The molecule has 1 heterocycles. The number of methoxy groups -OCH3 is 1. The van der Waals surface area contributed by atoms with Gasteiger partial charge in [0.2, 0.25) is 0 Å². The Morgan fingerprint density at radius 1 is 1.18 bits per heavy atom. The number of hydrogen-bond acceptors (Lipinski definition) is 3. The van der Waals surface area contributed by atoms with E-state index in [-0.39, 0.29) is 6.03 Å². The van der Waals surface area contributed by atoms with Crippen LogP contribution in [-0.4, -0.2) is 44.3 Å². The molecule has 0 unspecified atom stereocenters. The van der Waals surface area contributed by atoms with E-state index < -0.39 is 6.23 Å². The van der Waals surface area contributed by atoms with Crippen molar-refractivity contribution < 1.29 is 14.3 Å². The monoisotopic (exact) mass is 306 g/mol. The van der Waals surface area contributed by atoms with Gasteiger partial charge in [-0.2, -0.15) is 0 Å². The van der Waals surface area contributed by atoms with Gasteiger partial charge in [-0.3, -0.25) is 0 Å². The number of amides is 2. The second-order valence-corrected chi connectivity index (χ2v) is 5.51. The lowest BCUT2D eigenvalue weighted by Gasteiger charge is -2.29. The number of urea groups is 1. The number of likely N-dealkylation sites (tertiary alicyclic amines) is 1. The lowest BCUT2D eigenvalue weighted by molar-refractivity contribution is 0.0207. The minimum atomic E-state index is -0.410. The van der Waals surface area contributed by atoms with E-state index in [1.54, 1.807) is 7.11 Å². The number of hydrogen-bond donors (Lipinski definition) is 1. The summed E-state index contributed by atoms with van der Waals surface area (Å²) in [7, 11) is 1.67. The first kappa shape index (κ1) is 16.8. The summed E-state index contributed by atoms with van der Waals surface area (Å²) in [5.74, 6) is 0. The molecule has 1 aliphatic rings. The summed E-state index contributed by atoms with van der Waals surface area (Å²) in [6.07, 6.45) is 3.77. The molecule has 5 heteroatoms. The molecule has 0 spiro atoms. The standard InChI is InChI=1S/C17H26N2O3/c1-21-13-8-14-22-16(15-9-4-2-5-10-15)18-17(20)19-11-6-3-7-12-19/h2,4-5,9-10,16H,3,6-8,11-14H2,1H3,(H,18,20)/t16-/m1/s1. The second-order valence-electron chi connectivity index (χ2n) is 5.51. The Hall–Kier alpha value is -1.59. The normalized spacial score (nSPS) is 16.3. The number of benzene rings is 1. The van der Waals surface area contributed by atoms with Crippen molar-refractivity contribution in [3.05, 3.63) is 35.9 Å². The highest BCUT2D eigenvalue weighted by atomic mass is 16.5. The third-order valence-corrected chi connectivity index (χ3v) is 3.78. The zero-order chi connectivity index (χ0) is 15.6. The summed E-state index contributed by atoms with van der Waals surface area (Å²) < 4.78 is 10.9. The average molecular weight is 306 g/mol. The predicted octanol–water partition coefficient (Wildman–Crippen LogP) is 2.93. The van der Waals surface area contributed by atoms with Gasteiger partial charge in [-0.05, 0) is 25.7 Å². The van der Waals surface area contributed by atoms with Crippen LogP contribution in [0.1, 0.15) is 37.5 Å². The van der Waals surface area contributed by atoms with Gasteiger partial charge in [0.1, 0.15) is 0 Å². The highest BCUT2D eigenvalue weighted by Gasteiger charge is 2.21. The maximum atomic E-state index is 12.4. The van der Waals surface area contributed by atoms with Crippen LogP contribution < -0.4 is 5.32 Å². The molecule has 1 aromatic carbocycles. The molecule has 0 radical (unpaired) electrons. The molecular formula is C17H26N2O3. The van der Waals surface area contributed by atoms with E-state index in [1.165, 1.54) is 6.42 Å². The van der Waals surface area contributed by atoms with E-state index in [9.17, 15) is 4.79 Å². The molecule has 1 atom stereocenters. The van der Waals surface area contributed by atoms with Crippen LogP contribution in [0.15, 0.2) is 30.3 Å². The molecule has 1 saturated heterocycles. The Morgan fingerprint density at radius 3 is 2.59 bits per heavy atom. The number of rotatable bonds is 7. The van der Waals surface area contributed by atoms with E-state index in [2.05, 4.69) is 5.32 Å². The van der Waals surface area contributed by atoms with E-state index in [0.717, 1.165) is 37.9 Å². The van der Waals surface area contributed by atoms with Crippen molar-refractivity contribution in [3.8, 4) is 0 Å². The van der Waals surface area contributed by atoms with Gasteiger partial charge in [-0.25, -0.2) is 4.79 Å². The molecule has 0 aromatic heterocycles. The molecule has 0 saturated carbocycles. The molecule has 0 bridgehead atoms. The largest absolute Gasteiger partial charge is 0.385 e. The van der Waals surface area contributed by atoms with Gasteiger partial charge in [0.15, 0.2) is 6.23 Å². The van der Waals surface area contributed by atoms with Gasteiger partial charge in [-0.1, -0.05) is 30.3 Å². The molecule has 22 heavy (non-hydrogen) atoms. The zero-order valence-corrected chi connectivity index (χ0v) is 13.3. The zero-order valence-electron chi connectivity index (χ0n) is 13.3. The Kier molecular flexibility index (Phi) is 7.19. The van der Waals surface area contributed by atoms with Crippen molar-refractivity contribution in [2.24, 2.45) is 0 Å². The summed E-state index contributed by atoms with van der Waals surface area (Å²) in [5.41, 5.74) is 0.963. The minimum Gasteiger partial charge on any atom is -0.385 e. The maximum Gasteiger partial charge on any atom is 0.319 e. The third-order valence-electron chi connectivity index (χ3n) is 3.78. The van der Waals surface area contributed by atoms with E-state index in [1.807, 2.05) is 35.2 Å². The Balaban J connectivity index is 1.92. The Bertz CT molecular complexity index is 433. The predicted molar refractivity (Wildman–Crippen MR) is 85.6 cm³/mol. The maximum absolute atomic E-state index is 12.4. The Labute approximate surface area is 132 Å².